The number of H-pyrrole nitrogens is 1. The number of benzene rings is 2. The van der Waals surface area contributed by atoms with Gasteiger partial charge in [-0.25, -0.2) is 9.18 Å². The Kier molecular flexibility index (Phi) is 8.56. The van der Waals surface area contributed by atoms with Gasteiger partial charge in [-0.1, -0.05) is 12.1 Å². The molecule has 3 aromatic rings. The third kappa shape index (κ3) is 7.26. The lowest BCUT2D eigenvalue weighted by atomic mass is 10.0. The van der Waals surface area contributed by atoms with Crippen LogP contribution in [0.1, 0.15) is 47.1 Å². The van der Waals surface area contributed by atoms with E-state index in [1.165, 1.54) is 19.1 Å². The van der Waals surface area contributed by atoms with Crippen molar-refractivity contribution in [3.05, 3.63) is 86.8 Å². The average Bonchev–Trinajstić information content (AvgIpc) is 3.24. The first kappa shape index (κ1) is 30.9. The molecule has 3 N–H and O–H groups in total. The molecule has 2 heterocycles. The second kappa shape index (κ2) is 11.3. The largest absolute Gasteiger partial charge is 0.416 e. The summed E-state index contributed by atoms with van der Waals surface area (Å²) < 4.78 is 106. The maximum Gasteiger partial charge on any atom is 0.416 e. The maximum atomic E-state index is 13.7. The van der Waals surface area contributed by atoms with Gasteiger partial charge in [0.25, 0.3) is 0 Å². The normalized spacial score (nSPS) is 19.9. The number of nitrogens with zero attached hydrogens (tertiary/aromatic N) is 3. The van der Waals surface area contributed by atoms with Crippen LogP contribution >= 0.6 is 7.49 Å². The molecule has 0 amide bonds. The summed E-state index contributed by atoms with van der Waals surface area (Å²) in [5.74, 6) is -0.587. The van der Waals surface area contributed by atoms with Crippen LogP contribution in [0.15, 0.2) is 47.3 Å². The molecule has 0 aliphatic carbocycles. The van der Waals surface area contributed by atoms with Crippen molar-refractivity contribution in [1.29, 1.82) is 0 Å². The lowest BCUT2D eigenvalue weighted by Gasteiger charge is -2.41. The van der Waals surface area contributed by atoms with Gasteiger partial charge in [-0.3, -0.25) is 9.88 Å². The minimum Gasteiger partial charge on any atom is -0.349 e. The molecule has 17 heteroatoms. The maximum absolute atomic E-state index is 13.7. The molecule has 4 rings (SSSR count). The molecule has 1 aliphatic heterocycles. The summed E-state index contributed by atoms with van der Waals surface area (Å²) >= 11 is 0. The number of nitrogens with one attached hydrogen (secondary N) is 1. The number of rotatable bonds is 7. The molecular formula is C24H24F7N4O5P. The number of morpholine rings is 1. The van der Waals surface area contributed by atoms with Crippen LogP contribution in [0.4, 0.5) is 30.7 Å². The summed E-state index contributed by atoms with van der Waals surface area (Å²) in [6, 6.07) is 5.29. The van der Waals surface area contributed by atoms with E-state index in [-0.39, 0.29) is 31.6 Å². The molecule has 1 fully saturated rings. The highest BCUT2D eigenvalue weighted by molar-refractivity contribution is 7.60. The molecule has 2 aromatic carbocycles. The fraction of sp³-hybridized carbons (Fsp3) is 0.375. The first-order valence-corrected chi connectivity index (χ1v) is 13.7. The van der Waals surface area contributed by atoms with Crippen molar-refractivity contribution in [2.45, 2.75) is 44.3 Å². The fourth-order valence-electron chi connectivity index (χ4n) is 4.34. The minimum absolute atomic E-state index is 0.0112. The fourth-order valence-corrected chi connectivity index (χ4v) is 4.93. The van der Waals surface area contributed by atoms with Gasteiger partial charge >= 0.3 is 18.0 Å². The van der Waals surface area contributed by atoms with Gasteiger partial charge < -0.3 is 19.3 Å². The number of alkyl halides is 6. The minimum atomic E-state index is -5.05. The van der Waals surface area contributed by atoms with Crippen molar-refractivity contribution in [1.82, 2.24) is 19.4 Å². The molecule has 3 unspecified atom stereocenters. The summed E-state index contributed by atoms with van der Waals surface area (Å²) in [5.41, 5.74) is -3.94. The Morgan fingerprint density at radius 1 is 1.12 bits per heavy atom. The van der Waals surface area contributed by atoms with Crippen molar-refractivity contribution < 1.29 is 50.0 Å². The van der Waals surface area contributed by atoms with Crippen LogP contribution in [0.5, 0.6) is 0 Å². The number of hydrogen-bond acceptors (Lipinski definition) is 7. The zero-order chi connectivity index (χ0) is 30.3. The molecule has 41 heavy (non-hydrogen) atoms. The first-order valence-electron chi connectivity index (χ1n) is 11.9. The molecule has 0 spiro atoms. The quantitative estimate of drug-likeness (QED) is 0.267. The Hall–Kier alpha value is -3.01. The van der Waals surface area contributed by atoms with Crippen LogP contribution in [0.25, 0.3) is 0 Å². The number of aromatic amines is 1. The van der Waals surface area contributed by atoms with E-state index in [0.29, 0.717) is 22.1 Å². The number of aromatic nitrogens is 3. The van der Waals surface area contributed by atoms with Gasteiger partial charge in [-0.15, -0.1) is 9.55 Å². The molecular weight excluding hydrogens is 588 g/mol. The summed E-state index contributed by atoms with van der Waals surface area (Å²) in [5, 5.41) is 3.86. The van der Waals surface area contributed by atoms with Gasteiger partial charge in [0, 0.05) is 6.54 Å². The highest BCUT2D eigenvalue weighted by atomic mass is 31.2. The van der Waals surface area contributed by atoms with Gasteiger partial charge in [0.15, 0.2) is 6.29 Å². The highest BCUT2D eigenvalue weighted by Crippen LogP contribution is 2.40. The second-order valence-electron chi connectivity index (χ2n) is 9.28. The van der Waals surface area contributed by atoms with E-state index in [1.54, 1.807) is 4.90 Å². The molecule has 224 valence electrons. The van der Waals surface area contributed by atoms with E-state index >= 15 is 0 Å². The molecule has 0 radical (unpaired) electrons. The number of hydrogen-bond donors (Lipinski definition) is 3. The Balaban J connectivity index is 1.68. The molecule has 0 bridgehead atoms. The van der Waals surface area contributed by atoms with E-state index in [2.05, 4.69) is 16.4 Å². The van der Waals surface area contributed by atoms with Crippen LogP contribution in [-0.2, 0) is 28.4 Å². The molecule has 3 atom stereocenters. The number of ether oxygens (including phenoxy) is 2. The van der Waals surface area contributed by atoms with Crippen molar-refractivity contribution in [3.8, 4) is 0 Å². The van der Waals surface area contributed by atoms with Crippen molar-refractivity contribution in [3.63, 3.8) is 0 Å². The van der Waals surface area contributed by atoms with Gasteiger partial charge in [-0.2, -0.15) is 26.3 Å². The summed E-state index contributed by atoms with van der Waals surface area (Å²) in [4.78, 5) is 35.6. The molecule has 1 aliphatic rings. The Labute approximate surface area is 227 Å². The summed E-state index contributed by atoms with van der Waals surface area (Å²) in [6.45, 7) is 1.29. The van der Waals surface area contributed by atoms with Crippen molar-refractivity contribution in [2.24, 2.45) is 0 Å². The molecule has 9 nitrogen and oxygen atoms in total. The van der Waals surface area contributed by atoms with E-state index in [0.717, 1.165) is 12.1 Å². The predicted octanol–water partition coefficient (Wildman–Crippen LogP) is 4.45. The van der Waals surface area contributed by atoms with Gasteiger partial charge in [0.1, 0.15) is 11.6 Å². The standard InChI is InChI=1S/C24H24F7N4O5P/c1-13(15-9-16(23(26,27)28)11-17(10-15)24(29,30)31)40-21-20(14-3-5-18(25)6-4-14)34(7-8-39-21)12-19-32-22(36)35(33-19)41(2,37)38/h3-6,9-11,13,20-21,37-38H,2,7-8,12H2,1H3,(H,32,33,36). The van der Waals surface area contributed by atoms with Crippen LogP contribution in [0.2, 0.25) is 0 Å². The predicted molar refractivity (Wildman–Crippen MR) is 132 cm³/mol. The smallest absolute Gasteiger partial charge is 0.349 e. The second-order valence-corrected chi connectivity index (χ2v) is 11.0. The third-order valence-corrected chi connectivity index (χ3v) is 7.12. The Bertz CT molecular complexity index is 1450. The SMILES string of the molecule is C=P(O)(O)n1nc(CN2CCOC(OC(C)c3cc(C(F)(F)F)cc(C(F)(F)F)c3)C2c2ccc(F)cc2)[nH]c1=O. The van der Waals surface area contributed by atoms with E-state index in [1.807, 2.05) is 0 Å². The van der Waals surface area contributed by atoms with Crippen LogP contribution in [0.3, 0.4) is 0 Å². The average molecular weight is 612 g/mol. The van der Waals surface area contributed by atoms with E-state index in [4.69, 9.17) is 9.47 Å². The summed E-state index contributed by atoms with van der Waals surface area (Å²) in [7, 11) is -4.07. The Morgan fingerprint density at radius 3 is 2.22 bits per heavy atom. The van der Waals surface area contributed by atoms with Gasteiger partial charge in [-0.05, 0) is 54.7 Å². The van der Waals surface area contributed by atoms with Crippen LogP contribution < -0.4 is 5.69 Å². The van der Waals surface area contributed by atoms with Gasteiger partial charge in [0.05, 0.1) is 36.4 Å². The molecule has 1 saturated heterocycles. The van der Waals surface area contributed by atoms with Crippen molar-refractivity contribution >= 4 is 13.8 Å². The lowest BCUT2D eigenvalue weighted by molar-refractivity contribution is -0.231. The van der Waals surface area contributed by atoms with E-state index in [9.17, 15) is 45.3 Å². The molecule has 0 saturated carbocycles. The zero-order valence-corrected chi connectivity index (χ0v) is 22.1. The van der Waals surface area contributed by atoms with Crippen LogP contribution in [0, 0.1) is 5.82 Å². The highest BCUT2D eigenvalue weighted by Gasteiger charge is 2.39. The van der Waals surface area contributed by atoms with Gasteiger partial charge in [0.2, 0.25) is 7.49 Å². The van der Waals surface area contributed by atoms with Crippen molar-refractivity contribution in [2.75, 3.05) is 13.2 Å². The lowest BCUT2D eigenvalue weighted by Crippen LogP contribution is -2.46. The number of halogens is 7. The monoisotopic (exact) mass is 612 g/mol. The first-order chi connectivity index (χ1) is 18.9. The third-order valence-electron chi connectivity index (χ3n) is 6.25. The topological polar surface area (TPSA) is 113 Å². The van der Waals surface area contributed by atoms with Crippen LogP contribution in [-0.4, -0.2) is 55.0 Å². The molecule has 1 aromatic heterocycles. The Morgan fingerprint density at radius 2 is 1.71 bits per heavy atom. The van der Waals surface area contributed by atoms with E-state index < -0.39 is 66.5 Å². The zero-order valence-electron chi connectivity index (χ0n) is 21.2. The summed E-state index contributed by atoms with van der Waals surface area (Å²) in [6.07, 6.45) is -9.59.